The van der Waals surface area contributed by atoms with Gasteiger partial charge in [0.1, 0.15) is 10.3 Å². The molecule has 0 saturated heterocycles. The van der Waals surface area contributed by atoms with Crippen LogP contribution in [0.5, 0.6) is 0 Å². The maximum atomic E-state index is 12.9. The van der Waals surface area contributed by atoms with E-state index in [9.17, 15) is 18.0 Å². The first-order valence-electron chi connectivity index (χ1n) is 7.11. The lowest BCUT2D eigenvalue weighted by molar-refractivity contribution is -0.119. The highest BCUT2D eigenvalue weighted by Crippen LogP contribution is 2.27. The lowest BCUT2D eigenvalue weighted by atomic mass is 10.1. The maximum absolute atomic E-state index is 12.9. The normalized spacial score (nSPS) is 14.3. The molecule has 0 fully saturated rings. The van der Waals surface area contributed by atoms with Gasteiger partial charge < -0.3 is 10.2 Å². The van der Waals surface area contributed by atoms with Gasteiger partial charge in [0, 0.05) is 20.3 Å². The monoisotopic (exact) mass is 405 g/mol. The zero-order valence-electron chi connectivity index (χ0n) is 13.8. The number of carbonyl (C=O) groups is 1. The van der Waals surface area contributed by atoms with Gasteiger partial charge >= 0.3 is 6.18 Å². The van der Waals surface area contributed by atoms with Crippen LogP contribution in [0.1, 0.15) is 25.5 Å². The minimum Gasteiger partial charge on any atom is -0.373 e. The van der Waals surface area contributed by atoms with Crippen molar-refractivity contribution in [2.45, 2.75) is 26.1 Å². The summed E-state index contributed by atoms with van der Waals surface area (Å²) in [7, 11) is 3.03. The van der Waals surface area contributed by atoms with Crippen molar-refractivity contribution in [1.82, 2.24) is 15.2 Å². The fourth-order valence-corrected chi connectivity index (χ4v) is 2.11. The smallest absolute Gasteiger partial charge is 0.373 e. The van der Waals surface area contributed by atoms with E-state index in [4.69, 9.17) is 0 Å². The summed E-state index contributed by atoms with van der Waals surface area (Å²) in [6.07, 6.45) is -1.17. The van der Waals surface area contributed by atoms with E-state index in [2.05, 4.69) is 26.2 Å². The van der Waals surface area contributed by atoms with Gasteiger partial charge in [-0.2, -0.15) is 13.2 Å². The second-order valence-corrected chi connectivity index (χ2v) is 6.09. The number of nitrogens with zero attached hydrogens (tertiary/aromatic N) is 2. The number of hydrogen-bond donors (Lipinski definition) is 1. The molecular weight excluding hydrogens is 387 g/mol. The Balaban J connectivity index is 3.01. The summed E-state index contributed by atoms with van der Waals surface area (Å²) in [5.74, 6) is -0.598. The van der Waals surface area contributed by atoms with E-state index in [1.165, 1.54) is 25.9 Å². The quantitative estimate of drug-likeness (QED) is 0.457. The molecule has 0 aromatic carbocycles. The van der Waals surface area contributed by atoms with Crippen LogP contribution >= 0.6 is 15.9 Å². The van der Waals surface area contributed by atoms with Crippen LogP contribution in [0.2, 0.25) is 0 Å². The number of likely N-dealkylation sites (N-methyl/N-ethyl adjacent to an activating group) is 1. The summed E-state index contributed by atoms with van der Waals surface area (Å²) < 4.78 is 39.3. The van der Waals surface area contributed by atoms with Crippen LogP contribution in [-0.4, -0.2) is 36.1 Å². The van der Waals surface area contributed by atoms with Crippen LogP contribution in [0.4, 0.5) is 13.2 Å². The van der Waals surface area contributed by atoms with Gasteiger partial charge in [0.2, 0.25) is 0 Å². The van der Waals surface area contributed by atoms with Gasteiger partial charge in [-0.15, -0.1) is 0 Å². The SMILES string of the molecule is C/C=C(\C=C(\C(=O)NC(C)c1ccc(Br)nc1)N(C)C)C(F)(F)F. The third-order valence-corrected chi connectivity index (χ3v) is 3.71. The first-order chi connectivity index (χ1) is 11.1. The zero-order chi connectivity index (χ0) is 18.5. The molecular formula is C16H19BrF3N3O. The molecule has 1 rings (SSSR count). The van der Waals surface area contributed by atoms with Gasteiger partial charge in [0.15, 0.2) is 0 Å². The second kappa shape index (κ2) is 8.32. The predicted molar refractivity (Wildman–Crippen MR) is 90.1 cm³/mol. The topological polar surface area (TPSA) is 45.2 Å². The number of allylic oxidation sites excluding steroid dienone is 3. The van der Waals surface area contributed by atoms with Crippen LogP contribution in [0.25, 0.3) is 0 Å². The van der Waals surface area contributed by atoms with Crippen molar-refractivity contribution in [2.75, 3.05) is 14.1 Å². The molecule has 1 heterocycles. The van der Waals surface area contributed by atoms with Crippen LogP contribution in [0.3, 0.4) is 0 Å². The molecule has 4 nitrogen and oxygen atoms in total. The van der Waals surface area contributed by atoms with E-state index in [0.717, 1.165) is 17.7 Å². The molecule has 0 aliphatic heterocycles. The van der Waals surface area contributed by atoms with Gasteiger partial charge in [0.05, 0.1) is 11.6 Å². The lowest BCUT2D eigenvalue weighted by Crippen LogP contribution is -2.33. The van der Waals surface area contributed by atoms with Crippen LogP contribution in [0, 0.1) is 0 Å². The highest BCUT2D eigenvalue weighted by molar-refractivity contribution is 9.10. The second-order valence-electron chi connectivity index (χ2n) is 5.28. The molecule has 1 aromatic rings. The van der Waals surface area contributed by atoms with E-state index in [0.29, 0.717) is 4.60 Å². The van der Waals surface area contributed by atoms with Crippen molar-refractivity contribution >= 4 is 21.8 Å². The molecule has 1 unspecified atom stereocenters. The van der Waals surface area contributed by atoms with Crippen molar-refractivity contribution in [3.8, 4) is 0 Å². The molecule has 24 heavy (non-hydrogen) atoms. The fraction of sp³-hybridized carbons (Fsp3) is 0.375. The van der Waals surface area contributed by atoms with E-state index < -0.39 is 23.7 Å². The number of nitrogens with one attached hydrogen (secondary N) is 1. The largest absolute Gasteiger partial charge is 0.416 e. The third-order valence-electron chi connectivity index (χ3n) is 3.24. The van der Waals surface area contributed by atoms with E-state index in [1.807, 2.05) is 0 Å². The zero-order valence-corrected chi connectivity index (χ0v) is 15.4. The summed E-state index contributed by atoms with van der Waals surface area (Å²) in [5.41, 5.74) is -0.219. The molecule has 1 atom stereocenters. The van der Waals surface area contributed by atoms with Crippen molar-refractivity contribution in [3.05, 3.63) is 51.9 Å². The Morgan fingerprint density at radius 3 is 2.42 bits per heavy atom. The Morgan fingerprint density at radius 2 is 2.00 bits per heavy atom. The Hall–Kier alpha value is -1.83. The number of pyridine rings is 1. The number of carbonyl (C=O) groups excluding carboxylic acids is 1. The Morgan fingerprint density at radius 1 is 1.38 bits per heavy atom. The molecule has 0 aliphatic carbocycles. The number of amides is 1. The maximum Gasteiger partial charge on any atom is 0.416 e. The molecule has 8 heteroatoms. The molecule has 0 saturated carbocycles. The van der Waals surface area contributed by atoms with E-state index in [-0.39, 0.29) is 5.70 Å². The highest BCUT2D eigenvalue weighted by Gasteiger charge is 2.32. The summed E-state index contributed by atoms with van der Waals surface area (Å²) in [5, 5.41) is 2.68. The molecule has 1 amide bonds. The summed E-state index contributed by atoms with van der Waals surface area (Å²) in [6.45, 7) is 3.01. The van der Waals surface area contributed by atoms with Crippen LogP contribution in [0.15, 0.2) is 46.4 Å². The van der Waals surface area contributed by atoms with E-state index >= 15 is 0 Å². The number of aromatic nitrogens is 1. The molecule has 1 N–H and O–H groups in total. The number of hydrogen-bond acceptors (Lipinski definition) is 3. The van der Waals surface area contributed by atoms with Gasteiger partial charge in [-0.05, 0) is 47.5 Å². The third kappa shape index (κ3) is 5.67. The molecule has 0 radical (unpaired) electrons. The molecule has 132 valence electrons. The minimum absolute atomic E-state index is 0.0858. The summed E-state index contributed by atoms with van der Waals surface area (Å²) in [6, 6.07) is 3.09. The highest BCUT2D eigenvalue weighted by atomic mass is 79.9. The standard InChI is InChI=1S/C16H19BrF3N3O/c1-5-12(16(18,19)20)8-13(23(3)4)15(24)22-10(2)11-6-7-14(17)21-9-11/h5-10H,1-4H3,(H,22,24)/b12-5+,13-8-. The number of halogens is 4. The van der Waals surface area contributed by atoms with E-state index in [1.54, 1.807) is 25.3 Å². The molecule has 0 bridgehead atoms. The minimum atomic E-state index is -4.52. The average Bonchev–Trinajstić information content (AvgIpc) is 2.46. The van der Waals surface area contributed by atoms with Crippen molar-refractivity contribution < 1.29 is 18.0 Å². The van der Waals surface area contributed by atoms with Crippen molar-refractivity contribution in [2.24, 2.45) is 0 Å². The van der Waals surface area contributed by atoms with Gasteiger partial charge in [-0.3, -0.25) is 4.79 Å². The summed E-state index contributed by atoms with van der Waals surface area (Å²) in [4.78, 5) is 17.8. The van der Waals surface area contributed by atoms with Crippen molar-refractivity contribution in [1.29, 1.82) is 0 Å². The Labute approximate surface area is 147 Å². The lowest BCUT2D eigenvalue weighted by Gasteiger charge is -2.21. The number of rotatable bonds is 5. The summed E-state index contributed by atoms with van der Waals surface area (Å²) >= 11 is 3.21. The number of alkyl halides is 3. The van der Waals surface area contributed by atoms with Gasteiger partial charge in [-0.25, -0.2) is 4.98 Å². The molecule has 1 aromatic heterocycles. The molecule has 0 spiro atoms. The van der Waals surface area contributed by atoms with Gasteiger partial charge in [0.25, 0.3) is 5.91 Å². The first kappa shape index (κ1) is 20.2. The Kier molecular flexibility index (Phi) is 7.01. The van der Waals surface area contributed by atoms with Crippen molar-refractivity contribution in [3.63, 3.8) is 0 Å². The molecule has 0 aliphatic rings. The van der Waals surface area contributed by atoms with Crippen LogP contribution in [-0.2, 0) is 4.79 Å². The van der Waals surface area contributed by atoms with Crippen LogP contribution < -0.4 is 5.32 Å². The Bertz CT molecular complexity index is 637. The van der Waals surface area contributed by atoms with Gasteiger partial charge in [-0.1, -0.05) is 12.1 Å². The average molecular weight is 406 g/mol. The first-order valence-corrected chi connectivity index (χ1v) is 7.90. The fourth-order valence-electron chi connectivity index (χ4n) is 1.87. The predicted octanol–water partition coefficient (Wildman–Crippen LogP) is 3.98.